The molecule has 0 aliphatic heterocycles. The summed E-state index contributed by atoms with van der Waals surface area (Å²) in [6, 6.07) is 12.7. The van der Waals surface area contributed by atoms with Crippen molar-refractivity contribution in [2.75, 3.05) is 5.32 Å². The molecule has 0 aliphatic carbocycles. The van der Waals surface area contributed by atoms with Gasteiger partial charge in [0.25, 0.3) is 0 Å². The lowest BCUT2D eigenvalue weighted by Crippen LogP contribution is -2.16. The number of para-hydroxylation sites is 1. The van der Waals surface area contributed by atoms with Gasteiger partial charge < -0.3 is 5.32 Å². The van der Waals surface area contributed by atoms with Crippen molar-refractivity contribution in [2.45, 2.75) is 6.42 Å². The van der Waals surface area contributed by atoms with E-state index in [0.717, 1.165) is 11.3 Å². The number of amides is 1. The first-order valence-electron chi connectivity index (χ1n) is 7.96. The maximum atomic E-state index is 12.5. The number of benzene rings is 2. The summed E-state index contributed by atoms with van der Waals surface area (Å²) < 4.78 is 3.05. The van der Waals surface area contributed by atoms with Crippen LogP contribution in [0.3, 0.4) is 0 Å². The monoisotopic (exact) mass is 380 g/mol. The van der Waals surface area contributed by atoms with Crippen molar-refractivity contribution in [3.63, 3.8) is 0 Å². The molecule has 2 heterocycles. The number of carbonyl (C=O) groups is 1. The first kappa shape index (κ1) is 16.9. The van der Waals surface area contributed by atoms with E-state index >= 15 is 0 Å². The molecule has 10 heteroatoms. The first-order valence-corrected chi connectivity index (χ1v) is 8.34. The average Bonchev–Trinajstić information content (AvgIpc) is 3.36. The van der Waals surface area contributed by atoms with Crippen LogP contribution in [0, 0.1) is 0 Å². The topological polar surface area (TPSA) is 103 Å². The van der Waals surface area contributed by atoms with E-state index in [2.05, 4.69) is 30.9 Å². The van der Waals surface area contributed by atoms with Crippen molar-refractivity contribution < 1.29 is 4.79 Å². The predicted molar refractivity (Wildman–Crippen MR) is 97.9 cm³/mol. The van der Waals surface area contributed by atoms with Gasteiger partial charge in [-0.1, -0.05) is 29.8 Å². The second kappa shape index (κ2) is 7.34. The zero-order chi connectivity index (χ0) is 18.6. The van der Waals surface area contributed by atoms with Crippen molar-refractivity contribution in [1.82, 2.24) is 35.0 Å². The van der Waals surface area contributed by atoms with Crippen LogP contribution < -0.4 is 5.32 Å². The van der Waals surface area contributed by atoms with E-state index in [4.69, 9.17) is 11.6 Å². The number of hydrogen-bond acceptors (Lipinski definition) is 6. The highest BCUT2D eigenvalue weighted by atomic mass is 35.5. The van der Waals surface area contributed by atoms with Gasteiger partial charge in [0.15, 0.2) is 0 Å². The van der Waals surface area contributed by atoms with Crippen LogP contribution in [-0.2, 0) is 11.2 Å². The number of nitrogens with one attached hydrogen (secondary N) is 1. The fourth-order valence-corrected chi connectivity index (χ4v) is 2.86. The van der Waals surface area contributed by atoms with Crippen LogP contribution in [0.2, 0.25) is 5.02 Å². The maximum Gasteiger partial charge on any atom is 0.228 e. The van der Waals surface area contributed by atoms with Crippen LogP contribution in [-0.4, -0.2) is 40.9 Å². The third kappa shape index (κ3) is 3.67. The number of rotatable bonds is 5. The molecule has 4 rings (SSSR count). The molecular formula is C17H13ClN8O. The van der Waals surface area contributed by atoms with E-state index in [9.17, 15) is 4.79 Å². The number of anilines is 1. The van der Waals surface area contributed by atoms with Crippen LogP contribution in [0.15, 0.2) is 61.4 Å². The van der Waals surface area contributed by atoms with Crippen molar-refractivity contribution in [1.29, 1.82) is 0 Å². The fraction of sp³-hybridized carbons (Fsp3) is 0.0588. The van der Waals surface area contributed by atoms with E-state index in [1.54, 1.807) is 22.9 Å². The molecule has 0 atom stereocenters. The molecule has 0 unspecified atom stereocenters. The van der Waals surface area contributed by atoms with E-state index in [0.29, 0.717) is 16.4 Å². The quantitative estimate of drug-likeness (QED) is 0.568. The Morgan fingerprint density at radius 2 is 1.93 bits per heavy atom. The summed E-state index contributed by atoms with van der Waals surface area (Å²) in [6.07, 6.45) is 4.64. The van der Waals surface area contributed by atoms with Crippen LogP contribution in [0.5, 0.6) is 0 Å². The lowest BCUT2D eigenvalue weighted by Gasteiger charge is -2.12. The van der Waals surface area contributed by atoms with Crippen LogP contribution in [0.25, 0.3) is 11.4 Å². The number of aromatic nitrogens is 7. The lowest BCUT2D eigenvalue weighted by atomic mass is 10.1. The Labute approximate surface area is 158 Å². The first-order chi connectivity index (χ1) is 13.2. The zero-order valence-corrected chi connectivity index (χ0v) is 14.7. The summed E-state index contributed by atoms with van der Waals surface area (Å²) in [5, 5.41) is 18.5. The molecule has 0 bridgehead atoms. The van der Waals surface area contributed by atoms with Crippen molar-refractivity contribution in [2.24, 2.45) is 0 Å². The second-order valence-corrected chi connectivity index (χ2v) is 6.03. The summed E-state index contributed by atoms with van der Waals surface area (Å²) in [6.45, 7) is 0. The molecule has 27 heavy (non-hydrogen) atoms. The molecule has 2 aromatic carbocycles. The van der Waals surface area contributed by atoms with E-state index in [1.165, 1.54) is 23.7 Å². The molecule has 134 valence electrons. The second-order valence-electron chi connectivity index (χ2n) is 5.62. The van der Waals surface area contributed by atoms with Crippen molar-refractivity contribution in [3.05, 3.63) is 72.0 Å². The lowest BCUT2D eigenvalue weighted by molar-refractivity contribution is -0.115. The van der Waals surface area contributed by atoms with E-state index in [-0.39, 0.29) is 12.3 Å². The van der Waals surface area contributed by atoms with Gasteiger partial charge in [0, 0.05) is 0 Å². The summed E-state index contributed by atoms with van der Waals surface area (Å²) in [5.74, 6) is -0.172. The molecule has 0 radical (unpaired) electrons. The molecular weight excluding hydrogens is 368 g/mol. The summed E-state index contributed by atoms with van der Waals surface area (Å²) in [5.41, 5.74) is 2.79. The molecule has 9 nitrogen and oxygen atoms in total. The molecule has 0 saturated heterocycles. The normalized spacial score (nSPS) is 10.7. The summed E-state index contributed by atoms with van der Waals surface area (Å²) >= 11 is 6.27. The third-order valence-corrected chi connectivity index (χ3v) is 4.13. The van der Waals surface area contributed by atoms with Crippen LogP contribution in [0.1, 0.15) is 5.56 Å². The molecule has 1 N–H and O–H groups in total. The maximum absolute atomic E-state index is 12.5. The number of tetrazole rings is 1. The number of hydrogen-bond donors (Lipinski definition) is 1. The zero-order valence-electron chi connectivity index (χ0n) is 13.9. The Morgan fingerprint density at radius 3 is 2.63 bits per heavy atom. The number of halogens is 1. The highest BCUT2D eigenvalue weighted by Crippen LogP contribution is 2.27. The van der Waals surface area contributed by atoms with Gasteiger partial charge in [0.05, 0.1) is 22.8 Å². The average molecular weight is 381 g/mol. The van der Waals surface area contributed by atoms with Gasteiger partial charge >= 0.3 is 0 Å². The van der Waals surface area contributed by atoms with Crippen molar-refractivity contribution in [3.8, 4) is 11.4 Å². The third-order valence-electron chi connectivity index (χ3n) is 3.82. The van der Waals surface area contributed by atoms with E-state index < -0.39 is 0 Å². The van der Waals surface area contributed by atoms with Crippen LogP contribution >= 0.6 is 11.6 Å². The molecule has 0 saturated carbocycles. The number of carbonyl (C=O) groups excluding carboxylic acids is 1. The van der Waals surface area contributed by atoms with Gasteiger partial charge in [-0.15, -0.1) is 5.10 Å². The Hall–Kier alpha value is -3.59. The Morgan fingerprint density at radius 1 is 1.07 bits per heavy atom. The largest absolute Gasteiger partial charge is 0.324 e. The standard InChI is InChI=1S/C17H13ClN8O/c18-14-2-1-3-15(17(14)26-10-19-9-21-26)22-16(27)8-12-4-6-13(7-5-12)25-11-20-23-24-25/h1-7,9-11H,8H2,(H,22,27). The van der Waals surface area contributed by atoms with Gasteiger partial charge in [0.2, 0.25) is 5.91 Å². The number of nitrogens with zero attached hydrogens (tertiary/aromatic N) is 7. The van der Waals surface area contributed by atoms with Gasteiger partial charge in [-0.3, -0.25) is 4.79 Å². The highest BCUT2D eigenvalue weighted by Gasteiger charge is 2.13. The molecule has 4 aromatic rings. The summed E-state index contributed by atoms with van der Waals surface area (Å²) in [4.78, 5) is 16.4. The van der Waals surface area contributed by atoms with Crippen LogP contribution in [0.4, 0.5) is 5.69 Å². The Bertz CT molecular complexity index is 1050. The van der Waals surface area contributed by atoms with E-state index in [1.807, 2.05) is 24.3 Å². The molecule has 0 spiro atoms. The SMILES string of the molecule is O=C(Cc1ccc(-n2cnnn2)cc1)Nc1cccc(Cl)c1-n1cncn1. The predicted octanol–water partition coefficient (Wildman–Crippen LogP) is 2.08. The molecule has 1 amide bonds. The Kier molecular flexibility index (Phi) is 4.58. The highest BCUT2D eigenvalue weighted by molar-refractivity contribution is 6.33. The minimum Gasteiger partial charge on any atom is -0.324 e. The minimum atomic E-state index is -0.172. The van der Waals surface area contributed by atoms with Gasteiger partial charge in [0.1, 0.15) is 24.7 Å². The molecule has 0 aliphatic rings. The Balaban J connectivity index is 1.50. The minimum absolute atomic E-state index is 0.172. The molecule has 0 fully saturated rings. The van der Waals surface area contributed by atoms with Gasteiger partial charge in [-0.2, -0.15) is 5.10 Å². The molecule has 2 aromatic heterocycles. The smallest absolute Gasteiger partial charge is 0.228 e. The fourth-order valence-electron chi connectivity index (χ4n) is 2.60. The van der Waals surface area contributed by atoms with Gasteiger partial charge in [-0.25, -0.2) is 14.3 Å². The summed E-state index contributed by atoms with van der Waals surface area (Å²) in [7, 11) is 0. The van der Waals surface area contributed by atoms with Gasteiger partial charge in [-0.05, 0) is 40.3 Å². The van der Waals surface area contributed by atoms with Crippen molar-refractivity contribution >= 4 is 23.2 Å².